The molecule has 2 aromatic carbocycles. The molecule has 0 bridgehead atoms. The number of benzene rings is 2. The van der Waals surface area contributed by atoms with Gasteiger partial charge >= 0.3 is 0 Å². The predicted molar refractivity (Wildman–Crippen MR) is 120 cm³/mol. The number of fused-ring (bicyclic) bond motifs is 3. The van der Waals surface area contributed by atoms with Crippen molar-refractivity contribution in [3.8, 4) is 11.3 Å². The number of hydrogen-bond acceptors (Lipinski definition) is 3. The van der Waals surface area contributed by atoms with Crippen molar-refractivity contribution >= 4 is 27.7 Å². The van der Waals surface area contributed by atoms with Gasteiger partial charge in [0.1, 0.15) is 18.1 Å². The van der Waals surface area contributed by atoms with Crippen molar-refractivity contribution in [1.29, 1.82) is 0 Å². The molecule has 158 valence electrons. The molecule has 5 nitrogen and oxygen atoms in total. The van der Waals surface area contributed by atoms with Crippen LogP contribution in [0.15, 0.2) is 48.7 Å². The van der Waals surface area contributed by atoms with Crippen LogP contribution < -0.4 is 5.32 Å². The minimum Gasteiger partial charge on any atom is -0.352 e. The zero-order valence-corrected chi connectivity index (χ0v) is 17.6. The van der Waals surface area contributed by atoms with Crippen molar-refractivity contribution in [2.45, 2.75) is 51.6 Å². The van der Waals surface area contributed by atoms with E-state index in [1.165, 1.54) is 17.7 Å². The van der Waals surface area contributed by atoms with E-state index in [1.807, 2.05) is 12.1 Å². The molecule has 4 aromatic rings. The van der Waals surface area contributed by atoms with Crippen LogP contribution in [0, 0.1) is 5.82 Å². The molecule has 6 heteroatoms. The monoisotopic (exact) mass is 416 g/mol. The van der Waals surface area contributed by atoms with E-state index in [0.717, 1.165) is 54.3 Å². The summed E-state index contributed by atoms with van der Waals surface area (Å²) in [6.07, 6.45) is 7.10. The molecular formula is C25H25FN4O. The van der Waals surface area contributed by atoms with Gasteiger partial charge in [-0.15, -0.1) is 0 Å². The zero-order chi connectivity index (χ0) is 21.4. The van der Waals surface area contributed by atoms with Gasteiger partial charge in [0.25, 0.3) is 0 Å². The lowest BCUT2D eigenvalue weighted by atomic mass is 10.0. The highest BCUT2D eigenvalue weighted by Crippen LogP contribution is 2.32. The molecule has 1 N–H and O–H groups in total. The van der Waals surface area contributed by atoms with Crippen molar-refractivity contribution < 1.29 is 9.18 Å². The van der Waals surface area contributed by atoms with Crippen LogP contribution in [0.2, 0.25) is 0 Å². The molecule has 2 heterocycles. The normalized spacial score (nSPS) is 14.5. The molecule has 0 radical (unpaired) electrons. The highest BCUT2D eigenvalue weighted by Gasteiger charge is 2.21. The third-order valence-electron chi connectivity index (χ3n) is 6.18. The van der Waals surface area contributed by atoms with Crippen LogP contribution in [-0.4, -0.2) is 26.7 Å². The first kappa shape index (κ1) is 19.7. The maximum atomic E-state index is 14.1. The second-order valence-corrected chi connectivity index (χ2v) is 8.29. The Morgan fingerprint density at radius 3 is 2.65 bits per heavy atom. The Balaban J connectivity index is 1.63. The number of nitrogens with zero attached hydrogens (tertiary/aromatic N) is 3. The van der Waals surface area contributed by atoms with Crippen LogP contribution >= 0.6 is 0 Å². The molecule has 5 rings (SSSR count). The lowest BCUT2D eigenvalue weighted by molar-refractivity contribution is -0.122. The van der Waals surface area contributed by atoms with E-state index in [0.29, 0.717) is 10.9 Å². The lowest BCUT2D eigenvalue weighted by Crippen LogP contribution is -2.35. The average Bonchev–Trinajstić information content (AvgIpc) is 3.42. The Hall–Kier alpha value is -3.28. The summed E-state index contributed by atoms with van der Waals surface area (Å²) in [7, 11) is 0. The van der Waals surface area contributed by atoms with Crippen LogP contribution in [0.25, 0.3) is 33.1 Å². The highest BCUT2D eigenvalue weighted by atomic mass is 19.1. The van der Waals surface area contributed by atoms with Crippen LogP contribution in [0.5, 0.6) is 0 Å². The van der Waals surface area contributed by atoms with Crippen molar-refractivity contribution in [2.24, 2.45) is 0 Å². The summed E-state index contributed by atoms with van der Waals surface area (Å²) in [6.45, 7) is 2.21. The summed E-state index contributed by atoms with van der Waals surface area (Å²) < 4.78 is 15.8. The zero-order valence-electron chi connectivity index (χ0n) is 17.6. The number of aromatic nitrogens is 3. The first-order valence-corrected chi connectivity index (χ1v) is 11.0. The van der Waals surface area contributed by atoms with Gasteiger partial charge in [0.15, 0.2) is 0 Å². The van der Waals surface area contributed by atoms with Gasteiger partial charge in [0.05, 0.1) is 11.0 Å². The molecule has 0 atom stereocenters. The smallest absolute Gasteiger partial charge is 0.241 e. The number of carbonyl (C=O) groups excluding carboxylic acids is 1. The third kappa shape index (κ3) is 3.78. The maximum Gasteiger partial charge on any atom is 0.241 e. The first-order chi connectivity index (χ1) is 15.1. The third-order valence-corrected chi connectivity index (χ3v) is 6.18. The van der Waals surface area contributed by atoms with E-state index in [1.54, 1.807) is 16.9 Å². The number of nitrogens with one attached hydrogen (secondary N) is 1. The first-order valence-electron chi connectivity index (χ1n) is 11.0. The average molecular weight is 417 g/mol. The van der Waals surface area contributed by atoms with E-state index < -0.39 is 0 Å². The molecule has 1 saturated carbocycles. The molecule has 1 fully saturated rings. The molecule has 0 aliphatic heterocycles. The topological polar surface area (TPSA) is 59.8 Å². The number of hydrogen-bond donors (Lipinski definition) is 1. The second kappa shape index (κ2) is 8.10. The molecule has 0 saturated heterocycles. The fourth-order valence-corrected chi connectivity index (χ4v) is 4.53. The number of halogens is 1. The second-order valence-electron chi connectivity index (χ2n) is 8.29. The Morgan fingerprint density at radius 1 is 1.13 bits per heavy atom. The molecule has 1 amide bonds. The predicted octanol–water partition coefficient (Wildman–Crippen LogP) is 5.01. The van der Waals surface area contributed by atoms with Gasteiger partial charge in [-0.3, -0.25) is 14.5 Å². The summed E-state index contributed by atoms with van der Waals surface area (Å²) >= 11 is 0. The molecule has 0 spiro atoms. The summed E-state index contributed by atoms with van der Waals surface area (Å²) in [5, 5.41) is 9.41. The highest BCUT2D eigenvalue weighted by molar-refractivity contribution is 6.08. The molecular weight excluding hydrogens is 391 g/mol. The van der Waals surface area contributed by atoms with Crippen LogP contribution in [-0.2, 0) is 17.8 Å². The summed E-state index contributed by atoms with van der Waals surface area (Å²) in [4.78, 5) is 17.3. The van der Waals surface area contributed by atoms with Crippen molar-refractivity contribution in [3.05, 3.63) is 60.0 Å². The number of pyridine rings is 1. The van der Waals surface area contributed by atoms with E-state index in [-0.39, 0.29) is 24.3 Å². The molecule has 2 aromatic heterocycles. The fourth-order valence-electron chi connectivity index (χ4n) is 4.53. The van der Waals surface area contributed by atoms with E-state index in [4.69, 9.17) is 5.10 Å². The molecule has 1 aliphatic carbocycles. The SMILES string of the molecule is CCc1ccc(-c2nn(CC(=O)NC3CCCC3)c3c2cnc2ccc(F)cc23)cc1. The van der Waals surface area contributed by atoms with Gasteiger partial charge in [0.2, 0.25) is 5.91 Å². The van der Waals surface area contributed by atoms with Gasteiger partial charge in [0, 0.05) is 28.6 Å². The van der Waals surface area contributed by atoms with Gasteiger partial charge < -0.3 is 5.32 Å². The number of rotatable bonds is 5. The Kier molecular flexibility index (Phi) is 5.14. The van der Waals surface area contributed by atoms with E-state index in [9.17, 15) is 9.18 Å². The van der Waals surface area contributed by atoms with E-state index >= 15 is 0 Å². The largest absolute Gasteiger partial charge is 0.352 e. The van der Waals surface area contributed by atoms with Crippen LogP contribution in [0.1, 0.15) is 38.2 Å². The fraction of sp³-hybridized carbons (Fsp3) is 0.320. The summed E-state index contributed by atoms with van der Waals surface area (Å²) in [6, 6.07) is 13.0. The van der Waals surface area contributed by atoms with E-state index in [2.05, 4.69) is 29.4 Å². The van der Waals surface area contributed by atoms with Crippen LogP contribution in [0.4, 0.5) is 4.39 Å². The maximum absolute atomic E-state index is 14.1. The quantitative estimate of drug-likeness (QED) is 0.497. The number of carbonyl (C=O) groups is 1. The van der Waals surface area contributed by atoms with Gasteiger partial charge in [-0.25, -0.2) is 4.39 Å². The van der Waals surface area contributed by atoms with Crippen molar-refractivity contribution in [1.82, 2.24) is 20.1 Å². The molecule has 1 aliphatic rings. The van der Waals surface area contributed by atoms with Crippen molar-refractivity contribution in [3.63, 3.8) is 0 Å². The van der Waals surface area contributed by atoms with Gasteiger partial charge in [-0.05, 0) is 43.0 Å². The minimum absolute atomic E-state index is 0.0643. The molecule has 31 heavy (non-hydrogen) atoms. The standard InChI is InChI=1S/C25H25FN4O/c1-2-16-7-9-17(10-8-16)24-21-14-27-22-12-11-18(26)13-20(22)25(21)30(29-24)15-23(31)28-19-5-3-4-6-19/h7-14,19H,2-6,15H2,1H3,(H,28,31). The lowest BCUT2D eigenvalue weighted by Gasteiger charge is -2.12. The Bertz CT molecular complexity index is 1260. The Labute approximate surface area is 180 Å². The number of amides is 1. The van der Waals surface area contributed by atoms with Crippen LogP contribution in [0.3, 0.4) is 0 Å². The minimum atomic E-state index is -0.334. The van der Waals surface area contributed by atoms with Gasteiger partial charge in [-0.2, -0.15) is 5.10 Å². The van der Waals surface area contributed by atoms with Gasteiger partial charge in [-0.1, -0.05) is 44.0 Å². The summed E-state index contributed by atoms with van der Waals surface area (Å²) in [5.74, 6) is -0.399. The number of aryl methyl sites for hydroxylation is 1. The summed E-state index contributed by atoms with van der Waals surface area (Å²) in [5.41, 5.74) is 4.37. The molecule has 0 unspecified atom stereocenters. The van der Waals surface area contributed by atoms with Crippen molar-refractivity contribution in [2.75, 3.05) is 0 Å². The Morgan fingerprint density at radius 2 is 1.90 bits per heavy atom.